The largest absolute Gasteiger partial charge is 0.398 e. The second-order valence-corrected chi connectivity index (χ2v) is 3.22. The summed E-state index contributed by atoms with van der Waals surface area (Å²) in [5.74, 6) is 0.328. The summed E-state index contributed by atoms with van der Waals surface area (Å²) in [7, 11) is 0. The molecule has 2 rings (SSSR count). The van der Waals surface area contributed by atoms with Crippen molar-refractivity contribution in [2.45, 2.75) is 6.92 Å². The molecule has 1 aromatic heterocycles. The number of benzene rings is 1. The number of rotatable bonds is 2. The summed E-state index contributed by atoms with van der Waals surface area (Å²) >= 11 is 0. The molecule has 0 aliphatic heterocycles. The fraction of sp³-hybridized carbons (Fsp3) is 0.111. The van der Waals surface area contributed by atoms with Gasteiger partial charge in [-0.05, 0) is 24.6 Å². The van der Waals surface area contributed by atoms with Gasteiger partial charge in [0.15, 0.2) is 0 Å². The van der Waals surface area contributed by atoms with Gasteiger partial charge in [-0.3, -0.25) is 0 Å². The number of anilines is 2. The minimum Gasteiger partial charge on any atom is -0.398 e. The first-order chi connectivity index (χ1) is 7.68. The van der Waals surface area contributed by atoms with Crippen LogP contribution in [0.5, 0.6) is 0 Å². The van der Waals surface area contributed by atoms with Crippen molar-refractivity contribution in [3.05, 3.63) is 24.0 Å². The van der Waals surface area contributed by atoms with Crippen molar-refractivity contribution in [1.82, 2.24) is 15.2 Å². The Bertz CT molecular complexity index is 515. The van der Waals surface area contributed by atoms with Gasteiger partial charge < -0.3 is 11.5 Å². The van der Waals surface area contributed by atoms with Crippen LogP contribution in [0.25, 0.3) is 0 Å². The molecular weight excluding hydrogens is 206 g/mol. The van der Waals surface area contributed by atoms with Gasteiger partial charge in [-0.15, -0.1) is 10.2 Å². The van der Waals surface area contributed by atoms with Crippen molar-refractivity contribution in [3.63, 3.8) is 0 Å². The Labute approximate surface area is 91.6 Å². The summed E-state index contributed by atoms with van der Waals surface area (Å²) in [4.78, 5) is 3.81. The summed E-state index contributed by atoms with van der Waals surface area (Å²) in [5, 5.41) is 14.0. The van der Waals surface area contributed by atoms with E-state index in [-0.39, 0.29) is 0 Å². The fourth-order valence-electron chi connectivity index (χ4n) is 1.17. The Kier molecular flexibility index (Phi) is 2.50. The van der Waals surface area contributed by atoms with Crippen molar-refractivity contribution in [3.8, 4) is 0 Å². The normalized spacial score (nSPS) is 11.1. The Morgan fingerprint density at radius 2 is 2.06 bits per heavy atom. The van der Waals surface area contributed by atoms with E-state index in [1.807, 2.05) is 6.92 Å². The molecular formula is C9H11N7. The summed E-state index contributed by atoms with van der Waals surface area (Å²) in [6.45, 7) is 1.83. The first kappa shape index (κ1) is 10.1. The van der Waals surface area contributed by atoms with Gasteiger partial charge in [-0.1, -0.05) is 0 Å². The van der Waals surface area contributed by atoms with Crippen molar-refractivity contribution >= 4 is 23.0 Å². The Balaban J connectivity index is 2.32. The summed E-state index contributed by atoms with van der Waals surface area (Å²) in [6, 6.07) is 3.44. The van der Waals surface area contributed by atoms with Gasteiger partial charge in [0.05, 0.1) is 5.69 Å². The van der Waals surface area contributed by atoms with Crippen molar-refractivity contribution in [2.24, 2.45) is 10.2 Å². The maximum Gasteiger partial charge on any atom is 0.264 e. The monoisotopic (exact) mass is 217 g/mol. The first-order valence-corrected chi connectivity index (χ1v) is 4.60. The minimum absolute atomic E-state index is 0.328. The zero-order valence-corrected chi connectivity index (χ0v) is 8.68. The number of nitrogen functional groups attached to an aromatic ring is 2. The van der Waals surface area contributed by atoms with Crippen LogP contribution in [0.3, 0.4) is 0 Å². The molecule has 0 aliphatic rings. The van der Waals surface area contributed by atoms with E-state index in [4.69, 9.17) is 11.5 Å². The highest BCUT2D eigenvalue weighted by Gasteiger charge is 2.04. The molecule has 0 bridgehead atoms. The van der Waals surface area contributed by atoms with Crippen LogP contribution in [0.15, 0.2) is 28.7 Å². The number of azo groups is 1. The van der Waals surface area contributed by atoms with Gasteiger partial charge in [0, 0.05) is 5.69 Å². The second-order valence-electron chi connectivity index (χ2n) is 3.22. The molecule has 16 heavy (non-hydrogen) atoms. The van der Waals surface area contributed by atoms with Crippen molar-refractivity contribution in [2.75, 3.05) is 11.5 Å². The second kappa shape index (κ2) is 3.97. The Morgan fingerprint density at radius 3 is 2.75 bits per heavy atom. The van der Waals surface area contributed by atoms with E-state index >= 15 is 0 Å². The predicted octanol–water partition coefficient (Wildman–Crippen LogP) is 1.69. The molecule has 0 unspecified atom stereocenters. The molecule has 0 aliphatic carbocycles. The van der Waals surface area contributed by atoms with Crippen LogP contribution in [0, 0.1) is 6.92 Å². The molecule has 7 nitrogen and oxygen atoms in total. The first-order valence-electron chi connectivity index (χ1n) is 4.60. The topological polar surface area (TPSA) is 118 Å². The highest BCUT2D eigenvalue weighted by Crippen LogP contribution is 2.30. The summed E-state index contributed by atoms with van der Waals surface area (Å²) < 4.78 is 0. The van der Waals surface area contributed by atoms with E-state index in [0.717, 1.165) is 5.56 Å². The number of hydrogen-bond acceptors (Lipinski definition) is 6. The highest BCUT2D eigenvalue weighted by atomic mass is 15.3. The van der Waals surface area contributed by atoms with Gasteiger partial charge in [-0.2, -0.15) is 10.1 Å². The third-order valence-corrected chi connectivity index (χ3v) is 2.19. The van der Waals surface area contributed by atoms with Gasteiger partial charge in [-0.25, -0.2) is 5.10 Å². The number of nitrogens with two attached hydrogens (primary N) is 2. The predicted molar refractivity (Wildman–Crippen MR) is 60.6 cm³/mol. The van der Waals surface area contributed by atoms with Gasteiger partial charge >= 0.3 is 0 Å². The number of aromatic nitrogens is 3. The van der Waals surface area contributed by atoms with Crippen LogP contribution in [-0.2, 0) is 0 Å². The van der Waals surface area contributed by atoms with Gasteiger partial charge in [0.2, 0.25) is 0 Å². The van der Waals surface area contributed by atoms with Crippen LogP contribution < -0.4 is 11.5 Å². The third kappa shape index (κ3) is 1.83. The number of nitrogens with zero attached hydrogens (tertiary/aromatic N) is 4. The van der Waals surface area contributed by atoms with E-state index in [9.17, 15) is 0 Å². The van der Waals surface area contributed by atoms with Crippen LogP contribution >= 0.6 is 0 Å². The standard InChI is InChI=1S/C9H11N7/c1-5-6(10)2-3-7(8(5)11)14-16-9-12-4-13-15-9/h2-4H,10-11H2,1H3,(H,12,13,15). The van der Waals surface area contributed by atoms with Crippen LogP contribution in [0.4, 0.5) is 23.0 Å². The number of aromatic amines is 1. The molecule has 0 spiro atoms. The third-order valence-electron chi connectivity index (χ3n) is 2.19. The molecule has 0 saturated heterocycles. The lowest BCUT2D eigenvalue weighted by atomic mass is 10.1. The fourth-order valence-corrected chi connectivity index (χ4v) is 1.17. The van der Waals surface area contributed by atoms with E-state index < -0.39 is 0 Å². The molecule has 5 N–H and O–H groups in total. The lowest BCUT2D eigenvalue weighted by Gasteiger charge is -2.05. The van der Waals surface area contributed by atoms with Crippen LogP contribution in [0.2, 0.25) is 0 Å². The molecule has 0 atom stereocenters. The number of H-pyrrole nitrogens is 1. The smallest absolute Gasteiger partial charge is 0.264 e. The summed E-state index contributed by atoms with van der Waals surface area (Å²) in [6.07, 6.45) is 1.35. The average Bonchev–Trinajstić information content (AvgIpc) is 2.78. The number of nitrogens with one attached hydrogen (secondary N) is 1. The maximum atomic E-state index is 5.84. The van der Waals surface area contributed by atoms with Gasteiger partial charge in [0.1, 0.15) is 12.0 Å². The molecule has 2 aromatic rings. The molecule has 1 heterocycles. The Hall–Kier alpha value is -2.44. The lowest BCUT2D eigenvalue weighted by Crippen LogP contribution is -1.95. The van der Waals surface area contributed by atoms with Crippen molar-refractivity contribution < 1.29 is 0 Å². The minimum atomic E-state index is 0.328. The quantitative estimate of drug-likeness (QED) is 0.523. The summed E-state index contributed by atoms with van der Waals surface area (Å²) in [5.41, 5.74) is 14.1. The van der Waals surface area contributed by atoms with E-state index in [2.05, 4.69) is 25.4 Å². The van der Waals surface area contributed by atoms with Crippen LogP contribution in [0.1, 0.15) is 5.56 Å². The lowest BCUT2D eigenvalue weighted by molar-refractivity contribution is 1.05. The molecule has 0 radical (unpaired) electrons. The highest BCUT2D eigenvalue weighted by molar-refractivity contribution is 5.73. The Morgan fingerprint density at radius 1 is 1.25 bits per heavy atom. The van der Waals surface area contributed by atoms with E-state index in [1.54, 1.807) is 12.1 Å². The average molecular weight is 217 g/mol. The maximum absolute atomic E-state index is 5.84. The molecule has 0 saturated carbocycles. The van der Waals surface area contributed by atoms with Gasteiger partial charge in [0.25, 0.3) is 5.95 Å². The van der Waals surface area contributed by atoms with E-state index in [1.165, 1.54) is 6.33 Å². The zero-order chi connectivity index (χ0) is 11.5. The van der Waals surface area contributed by atoms with Crippen molar-refractivity contribution in [1.29, 1.82) is 0 Å². The van der Waals surface area contributed by atoms with Crippen LogP contribution in [-0.4, -0.2) is 15.2 Å². The SMILES string of the molecule is Cc1c(N)ccc(N=Nc2ncn[nH]2)c1N. The molecule has 1 aromatic carbocycles. The zero-order valence-electron chi connectivity index (χ0n) is 8.68. The molecule has 0 fully saturated rings. The van der Waals surface area contributed by atoms with E-state index in [0.29, 0.717) is 23.0 Å². The molecule has 0 amide bonds. The molecule has 82 valence electrons. The molecule has 7 heteroatoms. The number of hydrogen-bond donors (Lipinski definition) is 3.